The number of aromatic nitrogens is 5. The van der Waals surface area contributed by atoms with Crippen molar-refractivity contribution >= 4 is 49.9 Å². The summed E-state index contributed by atoms with van der Waals surface area (Å²) in [6.45, 7) is 3.04. The van der Waals surface area contributed by atoms with Crippen LogP contribution in [0.25, 0.3) is 11.4 Å². The molecule has 0 aliphatic heterocycles. The molecular formula is C64H60BrF21N7NaO5S3. The van der Waals surface area contributed by atoms with E-state index in [0.717, 1.165) is 57.8 Å². The summed E-state index contributed by atoms with van der Waals surface area (Å²) in [5.41, 5.74) is 1.10. The van der Waals surface area contributed by atoms with Gasteiger partial charge >= 0.3 is 72.4 Å². The summed E-state index contributed by atoms with van der Waals surface area (Å²) in [6, 6.07) is 14.8. The molecule has 3 atom stereocenters. The van der Waals surface area contributed by atoms with Gasteiger partial charge in [0.05, 0.1) is 94.4 Å². The zero-order valence-electron chi connectivity index (χ0n) is 54.8. The molecule has 0 radical (unpaired) electrons. The first kappa shape index (κ1) is 85.3. The molecule has 2 N–H and O–H groups in total. The molecule has 0 bridgehead atoms. The van der Waals surface area contributed by atoms with Crippen LogP contribution in [0.15, 0.2) is 63.9 Å². The van der Waals surface area contributed by atoms with E-state index < -0.39 is 110 Å². The molecule has 7 aromatic rings. The number of hydrogen-bond donors (Lipinski definition) is 2. The average molecular weight is 1610 g/mol. The zero-order valence-corrected chi connectivity index (χ0v) is 59.8. The Hall–Kier alpha value is -5.64. The van der Waals surface area contributed by atoms with Gasteiger partial charge in [0.1, 0.15) is 29.6 Å². The number of rotatable bonds is 14. The SMILES string of the molecule is Cc1nc(C2CCC(C(F)(F)F)CC2)sc1C(O)C(F)(F)F.Cc1nc(C2CCC(C(F)(F)F)CC2)sc1C(OCc1ccc(-c2noc(=O)[nH]2)c(F)c1)C(F)(F)F.Cc1nc(C2CCC(C(F)(F)F)CC2)sc1C(OCc1ccc(C#N)c(F)c1)C(F)(F)F.N#Cc1ccc(CBr)cc1F.[H-].[Na+]. The van der Waals surface area contributed by atoms with E-state index in [2.05, 4.69) is 45.5 Å². The summed E-state index contributed by atoms with van der Waals surface area (Å²) in [7, 11) is 0. The number of halogens is 22. The van der Waals surface area contributed by atoms with Gasteiger partial charge in [-0.2, -0.15) is 89.6 Å². The van der Waals surface area contributed by atoms with Gasteiger partial charge in [-0.15, -0.1) is 34.0 Å². The number of hydrogen-bond acceptors (Lipinski definition) is 14. The first-order valence-corrected chi connectivity index (χ1v) is 34.1. The van der Waals surface area contributed by atoms with Crippen molar-refractivity contribution in [3.05, 3.63) is 157 Å². The topological polar surface area (TPSA) is 184 Å². The Morgan fingerprint density at radius 3 is 1.18 bits per heavy atom. The van der Waals surface area contributed by atoms with E-state index in [4.69, 9.17) is 20.0 Å². The maximum atomic E-state index is 14.4. The van der Waals surface area contributed by atoms with Gasteiger partial charge in [-0.1, -0.05) is 39.3 Å². The molecule has 3 fully saturated rings. The summed E-state index contributed by atoms with van der Waals surface area (Å²) >= 11 is 5.52. The van der Waals surface area contributed by atoms with Crippen LogP contribution >= 0.6 is 49.9 Å². The predicted molar refractivity (Wildman–Crippen MR) is 329 cm³/mol. The monoisotopic (exact) mass is 1600 g/mol. The minimum Gasteiger partial charge on any atom is -1.00 e. The number of benzene rings is 3. The molecule has 38 heteroatoms. The van der Waals surface area contributed by atoms with E-state index in [9.17, 15) is 102 Å². The Bertz CT molecular complexity index is 4040. The van der Waals surface area contributed by atoms with Crippen molar-refractivity contribution in [2.45, 2.75) is 189 Å². The van der Waals surface area contributed by atoms with Crippen molar-refractivity contribution < 1.29 is 142 Å². The van der Waals surface area contributed by atoms with E-state index >= 15 is 0 Å². The average Bonchev–Trinajstić information content (AvgIpc) is 1.68. The molecule has 0 spiro atoms. The van der Waals surface area contributed by atoms with E-state index in [1.165, 1.54) is 51.1 Å². The first-order valence-electron chi connectivity index (χ1n) is 30.5. The van der Waals surface area contributed by atoms with Crippen LogP contribution in [0.3, 0.4) is 0 Å². The zero-order chi connectivity index (χ0) is 74.9. The second-order valence-corrected chi connectivity index (χ2v) is 27.7. The number of aliphatic hydroxyl groups is 1. The summed E-state index contributed by atoms with van der Waals surface area (Å²) in [4.78, 5) is 25.1. The third kappa shape index (κ3) is 23.2. The van der Waals surface area contributed by atoms with Gasteiger partial charge in [-0.25, -0.2) is 32.9 Å². The molecule has 0 saturated heterocycles. The van der Waals surface area contributed by atoms with Crippen LogP contribution in [0.2, 0.25) is 0 Å². The minimum absolute atomic E-state index is 0. The van der Waals surface area contributed by atoms with Crippen LogP contribution in [-0.4, -0.2) is 67.3 Å². The molecule has 3 aromatic carbocycles. The Kier molecular flexibility index (Phi) is 29.8. The number of thiazole rings is 3. The maximum Gasteiger partial charge on any atom is 1.00 e. The quantitative estimate of drug-likeness (QED) is 0.0600. The number of aliphatic hydroxyl groups excluding tert-OH is 1. The number of H-pyrrole nitrogens is 1. The molecule has 3 unspecified atom stereocenters. The number of aromatic amines is 1. The Morgan fingerprint density at radius 1 is 0.539 bits per heavy atom. The van der Waals surface area contributed by atoms with Gasteiger partial charge in [0, 0.05) is 23.1 Å². The predicted octanol–water partition coefficient (Wildman–Crippen LogP) is 18.3. The van der Waals surface area contributed by atoms with Crippen LogP contribution in [0.4, 0.5) is 92.2 Å². The first-order chi connectivity index (χ1) is 47.0. The molecule has 102 heavy (non-hydrogen) atoms. The van der Waals surface area contributed by atoms with E-state index in [1.807, 2.05) is 0 Å². The van der Waals surface area contributed by atoms with E-state index in [1.54, 1.807) is 18.2 Å². The molecule has 4 aromatic heterocycles. The van der Waals surface area contributed by atoms with Crippen LogP contribution < -0.4 is 35.3 Å². The largest absolute Gasteiger partial charge is 1.00 e. The van der Waals surface area contributed by atoms with Crippen molar-refractivity contribution in [2.75, 3.05) is 0 Å². The summed E-state index contributed by atoms with van der Waals surface area (Å²) < 4.78 is 291. The Balaban J connectivity index is 0.000000261. The second kappa shape index (κ2) is 35.6. The van der Waals surface area contributed by atoms with Crippen LogP contribution in [-0.2, 0) is 28.0 Å². The molecule has 3 aliphatic carbocycles. The summed E-state index contributed by atoms with van der Waals surface area (Å²) in [6.07, 6.45) is -33.5. The molecule has 12 nitrogen and oxygen atoms in total. The Morgan fingerprint density at radius 2 is 0.873 bits per heavy atom. The number of nitrogens with one attached hydrogen (secondary N) is 1. The second-order valence-electron chi connectivity index (χ2n) is 23.9. The van der Waals surface area contributed by atoms with Gasteiger partial charge in [-0.05, 0) is 151 Å². The van der Waals surface area contributed by atoms with Crippen molar-refractivity contribution in [3.63, 3.8) is 0 Å². The normalized spacial score (nSPS) is 20.0. The van der Waals surface area contributed by atoms with Crippen LogP contribution in [0.1, 0.15) is 189 Å². The minimum atomic E-state index is -4.80. The van der Waals surface area contributed by atoms with Crippen molar-refractivity contribution in [1.82, 2.24) is 25.1 Å². The van der Waals surface area contributed by atoms with Gasteiger partial charge in [0.2, 0.25) is 0 Å². The third-order valence-corrected chi connectivity index (χ3v) is 21.6. The number of nitriles is 2. The van der Waals surface area contributed by atoms with Gasteiger partial charge in [0.25, 0.3) is 0 Å². The van der Waals surface area contributed by atoms with Crippen molar-refractivity contribution in [1.29, 1.82) is 10.5 Å². The van der Waals surface area contributed by atoms with Crippen molar-refractivity contribution in [2.24, 2.45) is 17.8 Å². The molecule has 3 saturated carbocycles. The summed E-state index contributed by atoms with van der Waals surface area (Å²) in [5, 5.41) is 31.5. The molecule has 554 valence electrons. The molecule has 4 heterocycles. The van der Waals surface area contributed by atoms with E-state index in [0.29, 0.717) is 20.4 Å². The molecular weight excluding hydrogens is 1540 g/mol. The fourth-order valence-electron chi connectivity index (χ4n) is 11.4. The number of alkyl halides is 19. The van der Waals surface area contributed by atoms with Crippen LogP contribution in [0, 0.1) is 78.6 Å². The van der Waals surface area contributed by atoms with Gasteiger partial charge < -0.3 is 16.0 Å². The fourth-order valence-corrected chi connectivity index (χ4v) is 15.6. The van der Waals surface area contributed by atoms with Gasteiger partial charge in [0.15, 0.2) is 24.1 Å². The standard InChI is InChI=1S/C22H20F7N3O3S.C21H19F7N2OS.C13H15F6NOS.C8H5BrFN.Na.H/c1-10-16(36-19(30-10)12-3-5-13(6-4-12)21(24,25)26)17(22(27,28)29)34-9-11-2-7-14(15(23)8-11)18-31-20(33)35-32-18;1-11-17(32-19(30-11)13-4-6-15(7-5-13)20(23,24)25)18(21(26,27)28)31-10-12-2-3-14(9-29)16(22)8-12;1-6-9(10(21)13(17,18)19)22-11(20-6)7-2-4-8(5-3-7)12(14,15)16;9-4-6-1-2-7(5-11)8(10)3-6;;/h2,7-8,12-13,17H,3-6,9H2,1H3,(H,31,32,33);2-3,8,13,15,18H,4-7,10H2,1H3;7-8,10,21H,2-5H2,1H3;1-3H,4H2;;/q;;;;+1;-1. The smallest absolute Gasteiger partial charge is 1.00 e. The molecule has 0 amide bonds. The molecule has 10 rings (SSSR count). The number of nitrogens with zero attached hydrogens (tertiary/aromatic N) is 6. The van der Waals surface area contributed by atoms with Gasteiger partial charge in [-0.3, -0.25) is 9.51 Å². The Labute approximate surface area is 612 Å². The van der Waals surface area contributed by atoms with Crippen LogP contribution in [0.5, 0.6) is 0 Å². The van der Waals surface area contributed by atoms with E-state index in [-0.39, 0.29) is 191 Å². The van der Waals surface area contributed by atoms with Crippen molar-refractivity contribution in [3.8, 4) is 23.5 Å². The maximum absolute atomic E-state index is 14.4. The fraction of sp³-hybridized carbons (Fsp3) is 0.516. The number of aryl methyl sites for hydroxylation is 3. The number of ether oxygens (including phenoxy) is 2. The summed E-state index contributed by atoms with van der Waals surface area (Å²) in [5.74, 6) is -8.31. The third-order valence-electron chi connectivity index (χ3n) is 16.8. The molecule has 3 aliphatic rings.